The van der Waals surface area contributed by atoms with Gasteiger partial charge >= 0.3 is 6.03 Å². The number of piperidine rings is 1. The van der Waals surface area contributed by atoms with Crippen LogP contribution in [0.5, 0.6) is 0 Å². The maximum absolute atomic E-state index is 14.5. The summed E-state index contributed by atoms with van der Waals surface area (Å²) in [4.78, 5) is 68.2. The van der Waals surface area contributed by atoms with Crippen LogP contribution in [0.25, 0.3) is 0 Å². The lowest BCUT2D eigenvalue weighted by Gasteiger charge is -2.49. The molecule has 12 nitrogen and oxygen atoms in total. The second-order valence-electron chi connectivity index (χ2n) is 17.9. The van der Waals surface area contributed by atoms with Gasteiger partial charge in [0.25, 0.3) is 5.91 Å². The summed E-state index contributed by atoms with van der Waals surface area (Å²) in [6.45, 7) is 22.2. The van der Waals surface area contributed by atoms with Crippen molar-refractivity contribution in [3.63, 3.8) is 0 Å². The van der Waals surface area contributed by atoms with Gasteiger partial charge in [0.05, 0.1) is 22.1 Å². The fourth-order valence-corrected chi connectivity index (χ4v) is 8.09. The van der Waals surface area contributed by atoms with Crippen LogP contribution in [0.1, 0.15) is 122 Å². The number of nitrogens with zero attached hydrogens (tertiary/aromatic N) is 1. The number of carbonyl (C=O) groups is 5. The number of nitrogens with one attached hydrogen (secondary N) is 3. The summed E-state index contributed by atoms with van der Waals surface area (Å²) in [6.07, 6.45) is 3.81. The molecule has 1 heterocycles. The van der Waals surface area contributed by atoms with Gasteiger partial charge in [-0.15, -0.1) is 0 Å². The smallest absolute Gasteiger partial charge is 0.315 e. The fourth-order valence-electron chi connectivity index (χ4n) is 6.63. The molecule has 2 rings (SSSR count). The van der Waals surface area contributed by atoms with E-state index in [1.165, 1.54) is 4.90 Å². The lowest BCUT2D eigenvalue weighted by molar-refractivity contribution is -0.151. The minimum absolute atomic E-state index is 0.00471. The molecule has 48 heavy (non-hydrogen) atoms. The number of Topliss-reactive ketones (excluding diaryl/α,β-unsaturated/α-hetero) is 1. The van der Waals surface area contributed by atoms with Crippen molar-refractivity contribution in [3.05, 3.63) is 0 Å². The highest BCUT2D eigenvalue weighted by Crippen LogP contribution is 2.40. The summed E-state index contributed by atoms with van der Waals surface area (Å²) in [5, 5.41) is 8.49. The molecule has 276 valence electrons. The number of hydrogen-bond acceptors (Lipinski definition) is 7. The van der Waals surface area contributed by atoms with E-state index in [2.05, 4.69) is 16.0 Å². The molecular weight excluding hydrogens is 634 g/mol. The summed E-state index contributed by atoms with van der Waals surface area (Å²) in [5.74, 6) is -3.01. The Morgan fingerprint density at radius 1 is 0.958 bits per heavy atom. The number of urea groups is 1. The molecule has 2 fully saturated rings. The summed E-state index contributed by atoms with van der Waals surface area (Å²) >= 11 is 0. The minimum Gasteiger partial charge on any atom is -0.363 e. The van der Waals surface area contributed by atoms with Crippen LogP contribution in [0.2, 0.25) is 0 Å². The van der Waals surface area contributed by atoms with Crippen LogP contribution in [0.4, 0.5) is 4.79 Å². The van der Waals surface area contributed by atoms with E-state index in [0.29, 0.717) is 19.3 Å². The largest absolute Gasteiger partial charge is 0.363 e. The zero-order chi connectivity index (χ0) is 37.2. The Kier molecular flexibility index (Phi) is 13.0. The van der Waals surface area contributed by atoms with Crippen molar-refractivity contribution in [2.45, 2.75) is 150 Å². The number of sulfone groups is 1. The van der Waals surface area contributed by atoms with E-state index in [-0.39, 0.29) is 35.5 Å². The maximum atomic E-state index is 14.5. The molecule has 0 aromatic carbocycles. The Morgan fingerprint density at radius 3 is 1.96 bits per heavy atom. The Hall–Kier alpha value is -2.70. The van der Waals surface area contributed by atoms with Gasteiger partial charge in [-0.25, -0.2) is 13.2 Å². The number of likely N-dealkylation sites (tertiary alicyclic amines) is 1. The van der Waals surface area contributed by atoms with E-state index < -0.39 is 73.2 Å². The molecule has 0 aromatic heterocycles. The maximum Gasteiger partial charge on any atom is 0.315 e. The summed E-state index contributed by atoms with van der Waals surface area (Å²) in [5.41, 5.74) is 3.08. The molecule has 1 aliphatic heterocycles. The van der Waals surface area contributed by atoms with Gasteiger partial charge < -0.3 is 26.6 Å². The molecule has 0 bridgehead atoms. The highest BCUT2D eigenvalue weighted by Gasteiger charge is 2.48. The Balaban J connectivity index is 2.42. The van der Waals surface area contributed by atoms with Gasteiger partial charge in [0.1, 0.15) is 12.1 Å². The first-order valence-electron chi connectivity index (χ1n) is 17.4. The monoisotopic (exact) mass is 697 g/mol. The van der Waals surface area contributed by atoms with Crippen LogP contribution in [0.3, 0.4) is 0 Å². The van der Waals surface area contributed by atoms with Gasteiger partial charge in [-0.2, -0.15) is 0 Å². The summed E-state index contributed by atoms with van der Waals surface area (Å²) in [6, 6.07) is -3.81. The Bertz CT molecular complexity index is 1330. The number of primary amides is 1. The topological polar surface area (TPSA) is 185 Å². The average molecular weight is 698 g/mol. The van der Waals surface area contributed by atoms with E-state index in [1.54, 1.807) is 48.5 Å². The van der Waals surface area contributed by atoms with E-state index >= 15 is 0 Å². The zero-order valence-electron chi connectivity index (χ0n) is 31.4. The summed E-state index contributed by atoms with van der Waals surface area (Å²) < 4.78 is 25.4. The Morgan fingerprint density at radius 2 is 1.52 bits per heavy atom. The van der Waals surface area contributed by atoms with Gasteiger partial charge in [0.15, 0.2) is 9.84 Å². The molecule has 1 aliphatic carbocycles. The normalized spacial score (nSPS) is 22.9. The molecule has 1 saturated heterocycles. The number of hydrogen-bond donors (Lipinski definition) is 4. The third-order valence-electron chi connectivity index (χ3n) is 10.3. The van der Waals surface area contributed by atoms with Gasteiger partial charge in [0.2, 0.25) is 17.6 Å². The molecular formula is C35H63N5O7S. The fraction of sp³-hybridized carbons (Fsp3) is 0.857. The van der Waals surface area contributed by atoms with Crippen LogP contribution in [-0.4, -0.2) is 83.6 Å². The number of carbonyl (C=O) groups excluding carboxylic acids is 5. The Labute approximate surface area is 288 Å². The predicted molar refractivity (Wildman–Crippen MR) is 187 cm³/mol. The molecule has 3 unspecified atom stereocenters. The van der Waals surface area contributed by atoms with E-state index in [1.807, 2.05) is 34.6 Å². The first kappa shape index (κ1) is 41.5. The standard InChI is InChI=1S/C35H63N5O7S/c1-21(2)17-35(12,20-48(46,47)33(7,8)9)39-31(45)38-27(32(4,5)6)30(44)40-19-22(3)34(10,11)18-25(40)29(43)37-24(26(41)28(36)42)16-23-14-13-15-23/h21-25,27H,13-20H2,1-12H3,(H2,36,42)(H,37,43)(H2,38,39,45)/t22?,24?,25-,27+,35?/m0/s1. The third kappa shape index (κ3) is 10.6. The lowest BCUT2D eigenvalue weighted by Crippen LogP contribution is -2.66. The molecule has 0 radical (unpaired) electrons. The molecule has 0 spiro atoms. The van der Waals surface area contributed by atoms with Crippen molar-refractivity contribution in [3.8, 4) is 0 Å². The molecule has 5 amide bonds. The molecule has 13 heteroatoms. The van der Waals surface area contributed by atoms with Gasteiger partial charge in [-0.3, -0.25) is 19.2 Å². The third-order valence-corrected chi connectivity index (χ3v) is 13.1. The van der Waals surface area contributed by atoms with E-state index in [4.69, 9.17) is 5.73 Å². The highest BCUT2D eigenvalue weighted by atomic mass is 32.2. The first-order chi connectivity index (χ1) is 21.6. The van der Waals surface area contributed by atoms with Gasteiger partial charge in [-0.1, -0.05) is 74.7 Å². The molecule has 2 aliphatic rings. The minimum atomic E-state index is -3.61. The molecule has 0 aromatic rings. The van der Waals surface area contributed by atoms with Crippen molar-refractivity contribution in [1.29, 1.82) is 0 Å². The average Bonchev–Trinajstić information content (AvgIpc) is 2.86. The van der Waals surface area contributed by atoms with Crippen LogP contribution >= 0.6 is 0 Å². The number of nitrogens with two attached hydrogens (primary N) is 1. The molecule has 5 atom stereocenters. The van der Waals surface area contributed by atoms with Crippen LogP contribution in [0, 0.1) is 28.6 Å². The van der Waals surface area contributed by atoms with Crippen molar-refractivity contribution in [2.75, 3.05) is 12.3 Å². The lowest BCUT2D eigenvalue weighted by atomic mass is 9.71. The first-order valence-corrected chi connectivity index (χ1v) is 19.0. The van der Waals surface area contributed by atoms with E-state index in [9.17, 15) is 32.4 Å². The second kappa shape index (κ2) is 15.0. The van der Waals surface area contributed by atoms with Crippen molar-refractivity contribution in [2.24, 2.45) is 34.3 Å². The quantitative estimate of drug-likeness (QED) is 0.211. The van der Waals surface area contributed by atoms with Crippen LogP contribution in [0.15, 0.2) is 0 Å². The van der Waals surface area contributed by atoms with Crippen molar-refractivity contribution in [1.82, 2.24) is 20.9 Å². The zero-order valence-corrected chi connectivity index (χ0v) is 32.2. The van der Waals surface area contributed by atoms with E-state index in [0.717, 1.165) is 19.3 Å². The molecule has 5 N–H and O–H groups in total. The van der Waals surface area contributed by atoms with Gasteiger partial charge in [0, 0.05) is 6.54 Å². The number of amides is 5. The number of rotatable bonds is 13. The van der Waals surface area contributed by atoms with Gasteiger partial charge in [-0.05, 0) is 75.5 Å². The predicted octanol–water partition coefficient (Wildman–Crippen LogP) is 3.71. The van der Waals surface area contributed by atoms with Crippen molar-refractivity contribution < 1.29 is 32.4 Å². The number of ketones is 1. The summed E-state index contributed by atoms with van der Waals surface area (Å²) in [7, 11) is -3.61. The highest BCUT2D eigenvalue weighted by molar-refractivity contribution is 7.92. The SMILES string of the molecule is CC(C)CC(C)(CS(=O)(=O)C(C)(C)C)NC(=O)N[C@H](C(=O)N1CC(C)C(C)(C)C[C@H]1C(=O)NC(CC1CCC1)C(=O)C(N)=O)C(C)(C)C. The molecule has 1 saturated carbocycles. The second-order valence-corrected chi connectivity index (χ2v) is 20.6. The van der Waals surface area contributed by atoms with Crippen LogP contribution in [-0.2, 0) is 29.0 Å². The van der Waals surface area contributed by atoms with Crippen molar-refractivity contribution >= 4 is 39.4 Å². The van der Waals surface area contributed by atoms with Crippen LogP contribution < -0.4 is 21.7 Å².